The Bertz CT molecular complexity index is 505. The molecule has 2 unspecified atom stereocenters. The third-order valence-electron chi connectivity index (χ3n) is 5.19. The van der Waals surface area contributed by atoms with Crippen molar-refractivity contribution in [1.82, 2.24) is 14.7 Å². The quantitative estimate of drug-likeness (QED) is 0.911. The maximum Gasteiger partial charge on any atom is 0.0917 e. The van der Waals surface area contributed by atoms with Crippen LogP contribution in [0.1, 0.15) is 24.5 Å². The Balaban J connectivity index is 1.47. The summed E-state index contributed by atoms with van der Waals surface area (Å²) < 4.78 is 0. The molecule has 2 aliphatic heterocycles. The fourth-order valence-corrected chi connectivity index (χ4v) is 4.01. The van der Waals surface area contributed by atoms with E-state index in [1.807, 2.05) is 24.3 Å². The molecule has 1 aromatic rings. The zero-order chi connectivity index (χ0) is 16.2. The van der Waals surface area contributed by atoms with Crippen molar-refractivity contribution in [2.45, 2.75) is 25.0 Å². The van der Waals surface area contributed by atoms with Gasteiger partial charge in [0.25, 0.3) is 0 Å². The van der Waals surface area contributed by atoms with E-state index in [-0.39, 0.29) is 0 Å². The van der Waals surface area contributed by atoms with Gasteiger partial charge in [0.1, 0.15) is 0 Å². The van der Waals surface area contributed by atoms with Crippen LogP contribution in [-0.4, -0.2) is 78.7 Å². The average Bonchev–Trinajstić information content (AvgIpc) is 2.55. The lowest BCUT2D eigenvalue weighted by atomic mass is 10.0. The van der Waals surface area contributed by atoms with Crippen molar-refractivity contribution < 1.29 is 5.11 Å². The van der Waals surface area contributed by atoms with Crippen LogP contribution in [-0.2, 0) is 0 Å². The number of nitrogens with zero attached hydrogens (tertiary/aromatic N) is 3. The highest BCUT2D eigenvalue weighted by Gasteiger charge is 2.27. The number of piperazine rings is 1. The first-order valence-electron chi connectivity index (χ1n) is 8.70. The van der Waals surface area contributed by atoms with Crippen LogP contribution in [0, 0.1) is 0 Å². The number of hydrogen-bond donors (Lipinski definition) is 1. The molecule has 2 heterocycles. The molecule has 2 saturated heterocycles. The minimum absolute atomic E-state index is 0.457. The maximum atomic E-state index is 10.4. The van der Waals surface area contributed by atoms with Crippen LogP contribution >= 0.6 is 11.6 Å². The predicted molar refractivity (Wildman–Crippen MR) is 94.9 cm³/mol. The van der Waals surface area contributed by atoms with Crippen molar-refractivity contribution in [3.63, 3.8) is 0 Å². The van der Waals surface area contributed by atoms with E-state index >= 15 is 0 Å². The number of benzene rings is 1. The standard InChI is InChI=1S/C18H28ClN3O/c1-20-7-3-6-17(13-20)22-10-8-21(9-11-22)14-18(23)15-4-2-5-16(19)12-15/h2,4-5,12,17-18,23H,3,6-11,13-14H2,1H3. The van der Waals surface area contributed by atoms with Gasteiger partial charge in [0.2, 0.25) is 0 Å². The third kappa shape index (κ3) is 4.68. The van der Waals surface area contributed by atoms with E-state index in [1.165, 1.54) is 25.9 Å². The van der Waals surface area contributed by atoms with Gasteiger partial charge in [-0.15, -0.1) is 0 Å². The molecule has 1 N–H and O–H groups in total. The number of halogens is 1. The number of piperidine rings is 1. The Morgan fingerprint density at radius 1 is 1.22 bits per heavy atom. The van der Waals surface area contributed by atoms with E-state index in [4.69, 9.17) is 11.6 Å². The lowest BCUT2D eigenvalue weighted by Crippen LogP contribution is -2.54. The molecular formula is C18H28ClN3O. The van der Waals surface area contributed by atoms with Gasteiger partial charge in [0.05, 0.1) is 6.10 Å². The van der Waals surface area contributed by atoms with Crippen LogP contribution in [0.2, 0.25) is 5.02 Å². The van der Waals surface area contributed by atoms with Crippen LogP contribution in [0.5, 0.6) is 0 Å². The van der Waals surface area contributed by atoms with Crippen molar-refractivity contribution in [3.8, 4) is 0 Å². The molecule has 2 aliphatic rings. The number of likely N-dealkylation sites (N-methyl/N-ethyl adjacent to an activating group) is 1. The maximum absolute atomic E-state index is 10.4. The van der Waals surface area contributed by atoms with Gasteiger partial charge in [-0.25, -0.2) is 0 Å². The Morgan fingerprint density at radius 3 is 2.70 bits per heavy atom. The molecule has 2 atom stereocenters. The minimum Gasteiger partial charge on any atom is -0.387 e. The smallest absolute Gasteiger partial charge is 0.0917 e. The summed E-state index contributed by atoms with van der Waals surface area (Å²) in [6, 6.07) is 8.27. The van der Waals surface area contributed by atoms with E-state index in [9.17, 15) is 5.11 Å². The Labute approximate surface area is 144 Å². The zero-order valence-electron chi connectivity index (χ0n) is 14.0. The molecule has 0 amide bonds. The highest BCUT2D eigenvalue weighted by Crippen LogP contribution is 2.21. The molecule has 0 saturated carbocycles. The molecule has 1 aromatic carbocycles. The number of hydrogen-bond acceptors (Lipinski definition) is 4. The number of β-amino-alcohol motifs (C(OH)–C–C–N with tert-alkyl or cyclic N) is 1. The van der Waals surface area contributed by atoms with Gasteiger partial charge >= 0.3 is 0 Å². The van der Waals surface area contributed by atoms with E-state index in [0.29, 0.717) is 17.6 Å². The second kappa shape index (κ2) is 7.95. The Kier molecular flexibility index (Phi) is 5.94. The largest absolute Gasteiger partial charge is 0.387 e. The van der Waals surface area contributed by atoms with Gasteiger partial charge in [0.15, 0.2) is 0 Å². The van der Waals surface area contributed by atoms with Crippen LogP contribution in [0.3, 0.4) is 0 Å². The second-order valence-electron chi connectivity index (χ2n) is 6.97. The number of aliphatic hydroxyl groups is 1. The van der Waals surface area contributed by atoms with Gasteiger partial charge in [0, 0.05) is 50.3 Å². The summed E-state index contributed by atoms with van der Waals surface area (Å²) in [4.78, 5) is 7.45. The summed E-state index contributed by atoms with van der Waals surface area (Å²) in [5.74, 6) is 0. The second-order valence-corrected chi connectivity index (χ2v) is 7.40. The molecule has 3 rings (SSSR count). The van der Waals surface area contributed by atoms with Crippen LogP contribution < -0.4 is 0 Å². The molecule has 4 nitrogen and oxygen atoms in total. The van der Waals surface area contributed by atoms with Gasteiger partial charge < -0.3 is 10.0 Å². The van der Waals surface area contributed by atoms with Crippen molar-refractivity contribution in [3.05, 3.63) is 34.9 Å². The normalized spacial score (nSPS) is 26.3. The Morgan fingerprint density at radius 2 is 2.00 bits per heavy atom. The number of aliphatic hydroxyl groups excluding tert-OH is 1. The van der Waals surface area contributed by atoms with Gasteiger partial charge in [-0.2, -0.15) is 0 Å². The number of rotatable bonds is 4. The van der Waals surface area contributed by atoms with E-state index in [0.717, 1.165) is 31.7 Å². The SMILES string of the molecule is CN1CCCC(N2CCN(CC(O)c3cccc(Cl)c3)CC2)C1. The molecule has 0 spiro atoms. The lowest BCUT2D eigenvalue weighted by molar-refractivity contribution is 0.0371. The third-order valence-corrected chi connectivity index (χ3v) is 5.42. The van der Waals surface area contributed by atoms with Crippen molar-refractivity contribution in [2.24, 2.45) is 0 Å². The fraction of sp³-hybridized carbons (Fsp3) is 0.667. The van der Waals surface area contributed by atoms with Gasteiger partial charge in [-0.3, -0.25) is 9.80 Å². The van der Waals surface area contributed by atoms with Crippen LogP contribution in [0.25, 0.3) is 0 Å². The molecule has 0 aliphatic carbocycles. The highest BCUT2D eigenvalue weighted by molar-refractivity contribution is 6.30. The van der Waals surface area contributed by atoms with Crippen molar-refractivity contribution >= 4 is 11.6 Å². The molecular weight excluding hydrogens is 310 g/mol. The summed E-state index contributed by atoms with van der Waals surface area (Å²) in [6.45, 7) is 7.43. The van der Waals surface area contributed by atoms with Crippen molar-refractivity contribution in [2.75, 3.05) is 52.9 Å². The summed E-state index contributed by atoms with van der Waals surface area (Å²) in [5, 5.41) is 11.1. The first-order chi connectivity index (χ1) is 11.1. The number of likely N-dealkylation sites (tertiary alicyclic amines) is 1. The van der Waals surface area contributed by atoms with E-state index < -0.39 is 6.10 Å². The first-order valence-corrected chi connectivity index (χ1v) is 9.08. The summed E-state index contributed by atoms with van der Waals surface area (Å²) >= 11 is 6.01. The van der Waals surface area contributed by atoms with Gasteiger partial charge in [-0.1, -0.05) is 23.7 Å². The highest BCUT2D eigenvalue weighted by atomic mass is 35.5. The summed E-state index contributed by atoms with van der Waals surface area (Å²) in [6.07, 6.45) is 2.19. The minimum atomic E-state index is -0.457. The average molecular weight is 338 g/mol. The monoisotopic (exact) mass is 337 g/mol. The summed E-state index contributed by atoms with van der Waals surface area (Å²) in [5.41, 5.74) is 0.911. The van der Waals surface area contributed by atoms with Crippen LogP contribution in [0.15, 0.2) is 24.3 Å². The molecule has 23 heavy (non-hydrogen) atoms. The topological polar surface area (TPSA) is 30.0 Å². The van der Waals surface area contributed by atoms with E-state index in [2.05, 4.69) is 21.7 Å². The Hall–Kier alpha value is -0.650. The molecule has 0 bridgehead atoms. The summed E-state index contributed by atoms with van der Waals surface area (Å²) in [7, 11) is 2.23. The van der Waals surface area contributed by atoms with E-state index in [1.54, 1.807) is 0 Å². The molecule has 2 fully saturated rings. The molecule has 0 aromatic heterocycles. The zero-order valence-corrected chi connectivity index (χ0v) is 14.8. The van der Waals surface area contributed by atoms with Crippen molar-refractivity contribution in [1.29, 1.82) is 0 Å². The van der Waals surface area contributed by atoms with Gasteiger partial charge in [-0.05, 0) is 44.1 Å². The lowest BCUT2D eigenvalue weighted by Gasteiger charge is -2.43. The van der Waals surface area contributed by atoms with Crippen LogP contribution in [0.4, 0.5) is 0 Å². The predicted octanol–water partition coefficient (Wildman–Crippen LogP) is 2.09. The molecule has 5 heteroatoms. The molecule has 128 valence electrons. The molecule has 0 radical (unpaired) electrons. The first kappa shape index (κ1) is 17.2. The fourth-order valence-electron chi connectivity index (χ4n) is 3.81.